The molecule has 6 heteroatoms. The number of hydrazine groups is 1. The van der Waals surface area contributed by atoms with Crippen molar-refractivity contribution in [2.75, 3.05) is 10.7 Å². The fourth-order valence-electron chi connectivity index (χ4n) is 1.98. The van der Waals surface area contributed by atoms with E-state index in [0.29, 0.717) is 5.92 Å². The highest BCUT2D eigenvalue weighted by Gasteiger charge is 2.08. The lowest BCUT2D eigenvalue weighted by molar-refractivity contribution is 0.585. The van der Waals surface area contributed by atoms with E-state index in [0.717, 1.165) is 23.4 Å². The van der Waals surface area contributed by atoms with E-state index in [9.17, 15) is 8.78 Å². The van der Waals surface area contributed by atoms with Gasteiger partial charge in [-0.05, 0) is 41.9 Å². The summed E-state index contributed by atoms with van der Waals surface area (Å²) >= 11 is 5.17. The molecule has 0 fully saturated rings. The molecule has 22 heavy (non-hydrogen) atoms. The molecule has 0 bridgehead atoms. The zero-order valence-electron chi connectivity index (χ0n) is 12.3. The summed E-state index contributed by atoms with van der Waals surface area (Å²) in [5.41, 5.74) is 7.42. The number of benzene rings is 2. The molecule has 0 aliphatic rings. The Morgan fingerprint density at radius 3 is 2.45 bits per heavy atom. The summed E-state index contributed by atoms with van der Waals surface area (Å²) in [5.74, 6) is -0.985. The second kappa shape index (κ2) is 7.17. The molecule has 3 N–H and O–H groups in total. The maximum atomic E-state index is 13.5. The number of thiocarbonyl (C=S) groups is 1. The largest absolute Gasteiger partial charge is 0.331 e. The summed E-state index contributed by atoms with van der Waals surface area (Å²) in [5, 5.41) is 3.34. The Labute approximate surface area is 133 Å². The van der Waals surface area contributed by atoms with Crippen LogP contribution in [0.5, 0.6) is 0 Å². The van der Waals surface area contributed by atoms with Crippen LogP contribution in [-0.2, 0) is 0 Å². The van der Waals surface area contributed by atoms with Crippen molar-refractivity contribution < 1.29 is 8.78 Å². The van der Waals surface area contributed by atoms with Crippen molar-refractivity contribution in [2.45, 2.75) is 19.8 Å². The number of anilines is 2. The van der Waals surface area contributed by atoms with Gasteiger partial charge in [-0.25, -0.2) is 8.78 Å². The smallest absolute Gasteiger partial charge is 0.189 e. The van der Waals surface area contributed by atoms with Crippen LogP contribution in [0.1, 0.15) is 25.3 Å². The number of hydrogen-bond donors (Lipinski definition) is 3. The molecule has 0 aliphatic carbocycles. The summed E-state index contributed by atoms with van der Waals surface area (Å²) in [6.07, 6.45) is 0. The molecule has 0 aliphatic heterocycles. The molecule has 2 aromatic carbocycles. The third-order valence-corrected chi connectivity index (χ3v) is 3.28. The van der Waals surface area contributed by atoms with Crippen molar-refractivity contribution in [1.82, 2.24) is 5.43 Å². The van der Waals surface area contributed by atoms with E-state index < -0.39 is 11.6 Å². The number of para-hydroxylation sites is 1. The van der Waals surface area contributed by atoms with Gasteiger partial charge in [0.25, 0.3) is 0 Å². The molecule has 0 aromatic heterocycles. The quantitative estimate of drug-likeness (QED) is 0.576. The van der Waals surface area contributed by atoms with Gasteiger partial charge < -0.3 is 5.32 Å². The Bertz CT molecular complexity index is 674. The topological polar surface area (TPSA) is 36.1 Å². The maximum Gasteiger partial charge on any atom is 0.189 e. The second-order valence-corrected chi connectivity index (χ2v) is 5.48. The molecule has 2 rings (SSSR count). The molecule has 0 radical (unpaired) electrons. The molecule has 0 unspecified atom stereocenters. The van der Waals surface area contributed by atoms with Crippen molar-refractivity contribution >= 4 is 28.7 Å². The van der Waals surface area contributed by atoms with Crippen LogP contribution in [0, 0.1) is 11.6 Å². The summed E-state index contributed by atoms with van der Waals surface area (Å²) in [4.78, 5) is 0. The molecular weight excluding hydrogens is 304 g/mol. The standard InChI is InChI=1S/C16H17F2N3S/c1-10(2)12-5-3-4-6-14(12)19-16(22)21-20-15-8-7-11(17)9-13(15)18/h3-10,20H,1-2H3,(H2,19,21,22). The SMILES string of the molecule is CC(C)c1ccccc1NC(=S)NNc1ccc(F)cc1F. The average Bonchev–Trinajstić information content (AvgIpc) is 2.46. The first-order chi connectivity index (χ1) is 10.5. The molecule has 2 aromatic rings. The van der Waals surface area contributed by atoms with E-state index in [1.807, 2.05) is 24.3 Å². The Kier molecular flexibility index (Phi) is 5.27. The van der Waals surface area contributed by atoms with Gasteiger partial charge in [0.15, 0.2) is 10.9 Å². The summed E-state index contributed by atoms with van der Waals surface area (Å²) in [6, 6.07) is 11.1. The van der Waals surface area contributed by atoms with Gasteiger partial charge in [-0.2, -0.15) is 0 Å². The second-order valence-electron chi connectivity index (χ2n) is 5.07. The van der Waals surface area contributed by atoms with Gasteiger partial charge in [0.1, 0.15) is 5.82 Å². The molecule has 3 nitrogen and oxygen atoms in total. The Morgan fingerprint density at radius 2 is 1.77 bits per heavy atom. The highest BCUT2D eigenvalue weighted by Crippen LogP contribution is 2.23. The van der Waals surface area contributed by atoms with E-state index in [1.165, 1.54) is 6.07 Å². The minimum atomic E-state index is -0.696. The first-order valence-electron chi connectivity index (χ1n) is 6.84. The number of halogens is 2. The minimum Gasteiger partial charge on any atom is -0.331 e. The van der Waals surface area contributed by atoms with E-state index in [4.69, 9.17) is 12.2 Å². The Balaban J connectivity index is 1.99. The lowest BCUT2D eigenvalue weighted by atomic mass is 10.0. The van der Waals surface area contributed by atoms with Crippen LogP contribution in [0.25, 0.3) is 0 Å². The number of hydrogen-bond acceptors (Lipinski definition) is 2. The maximum absolute atomic E-state index is 13.5. The van der Waals surface area contributed by atoms with Crippen LogP contribution in [0.4, 0.5) is 20.2 Å². The van der Waals surface area contributed by atoms with Gasteiger partial charge in [-0.3, -0.25) is 10.9 Å². The van der Waals surface area contributed by atoms with Gasteiger partial charge in [0.2, 0.25) is 0 Å². The first-order valence-corrected chi connectivity index (χ1v) is 7.25. The normalized spacial score (nSPS) is 10.4. The van der Waals surface area contributed by atoms with Crippen LogP contribution in [0.15, 0.2) is 42.5 Å². The fourth-order valence-corrected chi connectivity index (χ4v) is 2.14. The summed E-state index contributed by atoms with van der Waals surface area (Å²) in [6.45, 7) is 4.17. The zero-order valence-corrected chi connectivity index (χ0v) is 13.1. The molecule has 0 atom stereocenters. The van der Waals surface area contributed by atoms with Gasteiger partial charge >= 0.3 is 0 Å². The first kappa shape index (κ1) is 16.2. The Hall–Kier alpha value is -2.21. The van der Waals surface area contributed by atoms with E-state index in [2.05, 4.69) is 30.0 Å². The monoisotopic (exact) mass is 321 g/mol. The van der Waals surface area contributed by atoms with Gasteiger partial charge in [0, 0.05) is 11.8 Å². The van der Waals surface area contributed by atoms with Crippen molar-refractivity contribution in [2.24, 2.45) is 0 Å². The fraction of sp³-hybridized carbons (Fsp3) is 0.188. The van der Waals surface area contributed by atoms with Crippen LogP contribution < -0.4 is 16.2 Å². The highest BCUT2D eigenvalue weighted by molar-refractivity contribution is 7.80. The van der Waals surface area contributed by atoms with Crippen LogP contribution in [0.2, 0.25) is 0 Å². The van der Waals surface area contributed by atoms with Crippen LogP contribution in [-0.4, -0.2) is 5.11 Å². The summed E-state index contributed by atoms with van der Waals surface area (Å²) < 4.78 is 26.3. The molecule has 0 heterocycles. The predicted octanol–water partition coefficient (Wildman–Crippen LogP) is 4.40. The zero-order chi connectivity index (χ0) is 16.1. The molecule has 0 amide bonds. The van der Waals surface area contributed by atoms with E-state index in [1.54, 1.807) is 0 Å². The van der Waals surface area contributed by atoms with Gasteiger partial charge in [0.05, 0.1) is 5.69 Å². The van der Waals surface area contributed by atoms with E-state index >= 15 is 0 Å². The Morgan fingerprint density at radius 1 is 1.05 bits per heavy atom. The van der Waals surface area contributed by atoms with Crippen molar-refractivity contribution in [1.29, 1.82) is 0 Å². The van der Waals surface area contributed by atoms with Gasteiger partial charge in [-0.15, -0.1) is 0 Å². The van der Waals surface area contributed by atoms with Crippen molar-refractivity contribution in [3.63, 3.8) is 0 Å². The van der Waals surface area contributed by atoms with Gasteiger partial charge in [-0.1, -0.05) is 32.0 Å². The van der Waals surface area contributed by atoms with E-state index in [-0.39, 0.29) is 10.8 Å². The van der Waals surface area contributed by atoms with Crippen molar-refractivity contribution in [3.8, 4) is 0 Å². The predicted molar refractivity (Wildman–Crippen MR) is 89.9 cm³/mol. The van der Waals surface area contributed by atoms with Crippen LogP contribution >= 0.6 is 12.2 Å². The molecule has 116 valence electrons. The number of rotatable bonds is 4. The molecule has 0 saturated heterocycles. The third-order valence-electron chi connectivity index (χ3n) is 3.07. The lowest BCUT2D eigenvalue weighted by Gasteiger charge is -2.17. The highest BCUT2D eigenvalue weighted by atomic mass is 32.1. The minimum absolute atomic E-state index is 0.114. The van der Waals surface area contributed by atoms with Crippen LogP contribution in [0.3, 0.4) is 0 Å². The summed E-state index contributed by atoms with van der Waals surface area (Å²) in [7, 11) is 0. The number of nitrogens with one attached hydrogen (secondary N) is 3. The lowest BCUT2D eigenvalue weighted by Crippen LogP contribution is -2.34. The average molecular weight is 321 g/mol. The van der Waals surface area contributed by atoms with Crippen molar-refractivity contribution in [3.05, 3.63) is 59.7 Å². The molecular formula is C16H17F2N3S. The molecule has 0 saturated carbocycles. The molecule has 0 spiro atoms. The third kappa shape index (κ3) is 4.14.